The number of hydrogen-bond donors (Lipinski definition) is 1. The van der Waals surface area contributed by atoms with E-state index in [2.05, 4.69) is 57.5 Å². The molecule has 3 rings (SSSR count). The minimum absolute atomic E-state index is 0.751. The summed E-state index contributed by atoms with van der Waals surface area (Å²) in [5.41, 5.74) is 4.52. The first-order valence-electron chi connectivity index (χ1n) is 6.86. The van der Waals surface area contributed by atoms with Crippen LogP contribution in [0.2, 0.25) is 5.02 Å². The van der Waals surface area contributed by atoms with Gasteiger partial charge in [-0.2, -0.15) is 5.10 Å². The average Bonchev–Trinajstić information content (AvgIpc) is 2.82. The molecule has 112 valence electrons. The lowest BCUT2D eigenvalue weighted by atomic mass is 10.0. The van der Waals surface area contributed by atoms with Crippen LogP contribution in [0.3, 0.4) is 0 Å². The SMILES string of the molecule is Cc1ccc(Cl)cc1-c1ccc(Nc2c(Br)cnn2C)cc1. The Morgan fingerprint density at radius 1 is 1.14 bits per heavy atom. The molecule has 0 unspecified atom stereocenters. The van der Waals surface area contributed by atoms with Gasteiger partial charge < -0.3 is 5.32 Å². The second kappa shape index (κ2) is 6.15. The monoisotopic (exact) mass is 375 g/mol. The highest BCUT2D eigenvalue weighted by atomic mass is 79.9. The number of nitrogens with one attached hydrogen (secondary N) is 1. The second-order valence-electron chi connectivity index (χ2n) is 5.13. The molecule has 1 aromatic heterocycles. The molecule has 0 atom stereocenters. The van der Waals surface area contributed by atoms with E-state index >= 15 is 0 Å². The van der Waals surface area contributed by atoms with Gasteiger partial charge in [0, 0.05) is 17.8 Å². The van der Waals surface area contributed by atoms with Gasteiger partial charge in [-0.3, -0.25) is 4.68 Å². The van der Waals surface area contributed by atoms with Crippen LogP contribution in [-0.4, -0.2) is 9.78 Å². The third-order valence-corrected chi connectivity index (χ3v) is 4.37. The van der Waals surface area contributed by atoms with Crippen molar-refractivity contribution in [2.24, 2.45) is 7.05 Å². The van der Waals surface area contributed by atoms with Gasteiger partial charge in [-0.25, -0.2) is 0 Å². The lowest BCUT2D eigenvalue weighted by molar-refractivity contribution is 0.776. The van der Waals surface area contributed by atoms with Gasteiger partial charge in [0.1, 0.15) is 5.82 Å². The Balaban J connectivity index is 1.88. The number of anilines is 2. The van der Waals surface area contributed by atoms with Gasteiger partial charge in [0.05, 0.1) is 10.7 Å². The fraction of sp³-hybridized carbons (Fsp3) is 0.118. The Morgan fingerprint density at radius 3 is 2.50 bits per heavy atom. The first-order chi connectivity index (χ1) is 10.5. The van der Waals surface area contributed by atoms with E-state index in [-0.39, 0.29) is 0 Å². The average molecular weight is 377 g/mol. The first-order valence-corrected chi connectivity index (χ1v) is 8.03. The molecule has 0 bridgehead atoms. The molecule has 22 heavy (non-hydrogen) atoms. The van der Waals surface area contributed by atoms with Gasteiger partial charge >= 0.3 is 0 Å². The number of aryl methyl sites for hydroxylation is 2. The van der Waals surface area contributed by atoms with E-state index in [9.17, 15) is 0 Å². The smallest absolute Gasteiger partial charge is 0.142 e. The van der Waals surface area contributed by atoms with Crippen LogP contribution in [0.15, 0.2) is 53.1 Å². The van der Waals surface area contributed by atoms with E-state index in [0.29, 0.717) is 0 Å². The topological polar surface area (TPSA) is 29.9 Å². The number of hydrogen-bond acceptors (Lipinski definition) is 2. The summed E-state index contributed by atoms with van der Waals surface area (Å²) < 4.78 is 2.73. The van der Waals surface area contributed by atoms with Crippen LogP contribution >= 0.6 is 27.5 Å². The van der Waals surface area contributed by atoms with Crippen LogP contribution in [0, 0.1) is 6.92 Å². The Labute approximate surface area is 143 Å². The van der Waals surface area contributed by atoms with Gasteiger partial charge in [0.15, 0.2) is 0 Å². The summed E-state index contributed by atoms with van der Waals surface area (Å²) in [5.74, 6) is 0.923. The maximum atomic E-state index is 6.10. The quantitative estimate of drug-likeness (QED) is 0.649. The van der Waals surface area contributed by atoms with Crippen molar-refractivity contribution in [1.82, 2.24) is 9.78 Å². The van der Waals surface area contributed by atoms with Crippen LogP contribution in [0.4, 0.5) is 11.5 Å². The molecule has 1 heterocycles. The summed E-state index contributed by atoms with van der Waals surface area (Å²) in [5, 5.41) is 8.30. The highest BCUT2D eigenvalue weighted by Gasteiger charge is 2.07. The van der Waals surface area contributed by atoms with Crippen LogP contribution < -0.4 is 5.32 Å². The zero-order valence-corrected chi connectivity index (χ0v) is 14.6. The molecule has 0 amide bonds. The minimum Gasteiger partial charge on any atom is -0.340 e. The van der Waals surface area contributed by atoms with Crippen molar-refractivity contribution < 1.29 is 0 Å². The molecule has 0 fully saturated rings. The third-order valence-electron chi connectivity index (χ3n) is 3.55. The zero-order valence-electron chi connectivity index (χ0n) is 12.3. The van der Waals surface area contributed by atoms with Crippen LogP contribution in [0.25, 0.3) is 11.1 Å². The molecule has 2 aromatic carbocycles. The van der Waals surface area contributed by atoms with Gasteiger partial charge in [-0.15, -0.1) is 0 Å². The number of nitrogens with zero attached hydrogens (tertiary/aromatic N) is 2. The largest absolute Gasteiger partial charge is 0.340 e. The van der Waals surface area contributed by atoms with Crippen LogP contribution in [-0.2, 0) is 7.05 Å². The van der Waals surface area contributed by atoms with Gasteiger partial charge in [-0.1, -0.05) is 29.8 Å². The summed E-state index contributed by atoms with van der Waals surface area (Å²) in [4.78, 5) is 0. The molecule has 0 spiro atoms. The Kier molecular flexibility index (Phi) is 4.23. The zero-order chi connectivity index (χ0) is 15.7. The van der Waals surface area contributed by atoms with Gasteiger partial charge in [0.25, 0.3) is 0 Å². The van der Waals surface area contributed by atoms with Crippen molar-refractivity contribution >= 4 is 39.0 Å². The summed E-state index contributed by atoms with van der Waals surface area (Å²) in [6.45, 7) is 2.09. The molecule has 1 N–H and O–H groups in total. The number of aromatic nitrogens is 2. The normalized spacial score (nSPS) is 10.7. The Bertz CT molecular complexity index is 790. The van der Waals surface area contributed by atoms with Crippen LogP contribution in [0.1, 0.15) is 5.56 Å². The number of halogens is 2. The molecule has 0 aliphatic carbocycles. The molecular weight excluding hydrogens is 362 g/mol. The molecule has 0 saturated heterocycles. The fourth-order valence-corrected chi connectivity index (χ4v) is 2.95. The molecule has 0 radical (unpaired) electrons. The predicted molar refractivity (Wildman–Crippen MR) is 95.8 cm³/mol. The first kappa shape index (κ1) is 15.1. The Morgan fingerprint density at radius 2 is 1.86 bits per heavy atom. The molecule has 3 aromatic rings. The lowest BCUT2D eigenvalue weighted by Gasteiger charge is -2.10. The number of benzene rings is 2. The summed E-state index contributed by atoms with van der Waals surface area (Å²) in [7, 11) is 1.90. The molecule has 5 heteroatoms. The standard InChI is InChI=1S/C17H15BrClN3/c1-11-3-6-13(19)9-15(11)12-4-7-14(8-5-12)21-17-16(18)10-20-22(17)2/h3-10,21H,1-2H3. The van der Waals surface area contributed by atoms with Crippen molar-refractivity contribution in [1.29, 1.82) is 0 Å². The molecule has 3 nitrogen and oxygen atoms in total. The van der Waals surface area contributed by atoms with Gasteiger partial charge in [-0.05, 0) is 63.8 Å². The molecular formula is C17H15BrClN3. The van der Waals surface area contributed by atoms with Crippen molar-refractivity contribution in [2.45, 2.75) is 6.92 Å². The van der Waals surface area contributed by atoms with E-state index in [4.69, 9.17) is 11.6 Å². The Hall–Kier alpha value is -1.78. The predicted octanol–water partition coefficient (Wildman–Crippen LogP) is 5.56. The lowest BCUT2D eigenvalue weighted by Crippen LogP contribution is -1.99. The van der Waals surface area contributed by atoms with Crippen molar-refractivity contribution in [3.63, 3.8) is 0 Å². The highest BCUT2D eigenvalue weighted by molar-refractivity contribution is 9.10. The van der Waals surface area contributed by atoms with Gasteiger partial charge in [0.2, 0.25) is 0 Å². The minimum atomic E-state index is 0.751. The van der Waals surface area contributed by atoms with Crippen molar-refractivity contribution in [2.75, 3.05) is 5.32 Å². The summed E-state index contributed by atoms with van der Waals surface area (Å²) in [6, 6.07) is 14.2. The highest BCUT2D eigenvalue weighted by Crippen LogP contribution is 2.29. The van der Waals surface area contributed by atoms with Crippen LogP contribution in [0.5, 0.6) is 0 Å². The summed E-state index contributed by atoms with van der Waals surface area (Å²) >= 11 is 9.58. The van der Waals surface area contributed by atoms with E-state index in [0.717, 1.165) is 32.1 Å². The maximum Gasteiger partial charge on any atom is 0.142 e. The van der Waals surface area contributed by atoms with Crippen molar-refractivity contribution in [3.8, 4) is 11.1 Å². The molecule has 0 saturated carbocycles. The molecule has 0 aliphatic heterocycles. The second-order valence-corrected chi connectivity index (χ2v) is 6.42. The van der Waals surface area contributed by atoms with Crippen molar-refractivity contribution in [3.05, 3.63) is 63.7 Å². The summed E-state index contributed by atoms with van der Waals surface area (Å²) in [6.07, 6.45) is 1.77. The fourth-order valence-electron chi connectivity index (χ4n) is 2.33. The maximum absolute atomic E-state index is 6.10. The molecule has 0 aliphatic rings. The van der Waals surface area contributed by atoms with E-state index < -0.39 is 0 Å². The number of rotatable bonds is 3. The van der Waals surface area contributed by atoms with E-state index in [1.165, 1.54) is 5.56 Å². The third kappa shape index (κ3) is 3.03. The van der Waals surface area contributed by atoms with E-state index in [1.54, 1.807) is 10.9 Å². The van der Waals surface area contributed by atoms with E-state index in [1.807, 2.05) is 25.2 Å².